The van der Waals surface area contributed by atoms with Gasteiger partial charge in [-0.05, 0) is 43.7 Å². The zero-order valence-electron chi connectivity index (χ0n) is 10.9. The van der Waals surface area contributed by atoms with Crippen LogP contribution < -0.4 is 4.90 Å². The highest BCUT2D eigenvalue weighted by atomic mass is 15.2. The minimum Gasteiger partial charge on any atom is -0.357 e. The average Bonchev–Trinajstić information content (AvgIpc) is 2.39. The molecule has 0 bridgehead atoms. The molecule has 2 heteroatoms. The van der Waals surface area contributed by atoms with Crippen LogP contribution in [0.25, 0.3) is 0 Å². The fraction of sp³-hybridized carbons (Fsp3) is 0.533. The number of hydrogen-bond donors (Lipinski definition) is 0. The van der Waals surface area contributed by atoms with Crippen LogP contribution >= 0.6 is 0 Å². The molecule has 1 aromatic rings. The Balaban J connectivity index is 1.97. The Morgan fingerprint density at radius 3 is 2.59 bits per heavy atom. The van der Waals surface area contributed by atoms with Crippen molar-refractivity contribution >= 4 is 5.82 Å². The summed E-state index contributed by atoms with van der Waals surface area (Å²) in [5, 5.41) is 0. The Labute approximate surface area is 104 Å². The average molecular weight is 230 g/mol. The van der Waals surface area contributed by atoms with Gasteiger partial charge in [-0.1, -0.05) is 25.1 Å². The number of piperidine rings is 1. The van der Waals surface area contributed by atoms with Crippen LogP contribution in [0.4, 0.5) is 5.82 Å². The number of pyridine rings is 1. The quantitative estimate of drug-likeness (QED) is 0.739. The SMILES string of the molecule is C=C(C)C1CCN(c2ccc(CC)cn2)CC1. The molecule has 1 fully saturated rings. The van der Waals surface area contributed by atoms with E-state index in [9.17, 15) is 0 Å². The van der Waals surface area contributed by atoms with Crippen molar-refractivity contribution in [2.45, 2.75) is 33.1 Å². The van der Waals surface area contributed by atoms with Crippen LogP contribution in [0.1, 0.15) is 32.3 Å². The molecule has 0 aliphatic carbocycles. The van der Waals surface area contributed by atoms with Gasteiger partial charge in [-0.25, -0.2) is 4.98 Å². The molecule has 0 unspecified atom stereocenters. The third-order valence-electron chi connectivity index (χ3n) is 3.73. The van der Waals surface area contributed by atoms with E-state index in [1.54, 1.807) is 0 Å². The van der Waals surface area contributed by atoms with Crippen molar-refractivity contribution in [3.05, 3.63) is 36.0 Å². The fourth-order valence-corrected chi connectivity index (χ4v) is 2.41. The minimum atomic E-state index is 0.709. The summed E-state index contributed by atoms with van der Waals surface area (Å²) in [7, 11) is 0. The summed E-state index contributed by atoms with van der Waals surface area (Å²) in [4.78, 5) is 6.93. The van der Waals surface area contributed by atoms with Crippen LogP contribution in [0, 0.1) is 5.92 Å². The predicted molar refractivity (Wildman–Crippen MR) is 73.4 cm³/mol. The summed E-state index contributed by atoms with van der Waals surface area (Å²) in [6.07, 6.45) is 5.49. The molecule has 0 atom stereocenters. The second-order valence-corrected chi connectivity index (χ2v) is 4.99. The highest BCUT2D eigenvalue weighted by molar-refractivity contribution is 5.40. The van der Waals surface area contributed by atoms with Gasteiger partial charge in [0.05, 0.1) is 0 Å². The molecule has 1 aromatic heterocycles. The molecule has 2 rings (SSSR count). The maximum Gasteiger partial charge on any atom is 0.128 e. The lowest BCUT2D eigenvalue weighted by Gasteiger charge is -2.33. The topological polar surface area (TPSA) is 16.1 Å². The van der Waals surface area contributed by atoms with Crippen molar-refractivity contribution in [1.29, 1.82) is 0 Å². The standard InChI is InChI=1S/C15H22N2/c1-4-13-5-6-15(16-11-13)17-9-7-14(8-10-17)12(2)3/h5-6,11,14H,2,4,7-10H2,1,3H3. The van der Waals surface area contributed by atoms with E-state index in [1.165, 1.54) is 24.0 Å². The van der Waals surface area contributed by atoms with Gasteiger partial charge in [0.15, 0.2) is 0 Å². The molecule has 1 aliphatic rings. The molecule has 2 heterocycles. The molecule has 0 N–H and O–H groups in total. The van der Waals surface area contributed by atoms with Crippen LogP contribution in [0.2, 0.25) is 0 Å². The Kier molecular flexibility index (Phi) is 3.82. The first-order chi connectivity index (χ1) is 8.20. The van der Waals surface area contributed by atoms with Crippen molar-refractivity contribution in [3.63, 3.8) is 0 Å². The van der Waals surface area contributed by atoms with Gasteiger partial charge in [-0.15, -0.1) is 0 Å². The third kappa shape index (κ3) is 2.87. The van der Waals surface area contributed by atoms with Crippen molar-refractivity contribution in [2.24, 2.45) is 5.92 Å². The molecular weight excluding hydrogens is 208 g/mol. The normalized spacial score (nSPS) is 17.2. The van der Waals surface area contributed by atoms with Crippen LogP contribution in [0.15, 0.2) is 30.5 Å². The summed E-state index contributed by atoms with van der Waals surface area (Å²) in [6.45, 7) is 10.6. The fourth-order valence-electron chi connectivity index (χ4n) is 2.41. The molecule has 1 aliphatic heterocycles. The zero-order chi connectivity index (χ0) is 12.3. The smallest absolute Gasteiger partial charge is 0.128 e. The van der Waals surface area contributed by atoms with Crippen molar-refractivity contribution in [3.8, 4) is 0 Å². The number of nitrogens with zero attached hydrogens (tertiary/aromatic N) is 2. The molecule has 17 heavy (non-hydrogen) atoms. The number of anilines is 1. The number of allylic oxidation sites excluding steroid dienone is 1. The summed E-state index contributed by atoms with van der Waals surface area (Å²) < 4.78 is 0. The maximum atomic E-state index is 4.55. The summed E-state index contributed by atoms with van der Waals surface area (Å²) in [6, 6.07) is 4.34. The first-order valence-corrected chi connectivity index (χ1v) is 6.56. The Bertz CT molecular complexity index is 372. The molecule has 2 nitrogen and oxygen atoms in total. The van der Waals surface area contributed by atoms with Gasteiger partial charge in [-0.3, -0.25) is 0 Å². The Morgan fingerprint density at radius 2 is 2.12 bits per heavy atom. The van der Waals surface area contributed by atoms with Crippen molar-refractivity contribution in [2.75, 3.05) is 18.0 Å². The second-order valence-electron chi connectivity index (χ2n) is 4.99. The largest absolute Gasteiger partial charge is 0.357 e. The van der Waals surface area contributed by atoms with Crippen molar-refractivity contribution < 1.29 is 0 Å². The number of hydrogen-bond acceptors (Lipinski definition) is 2. The Hall–Kier alpha value is -1.31. The van der Waals surface area contributed by atoms with E-state index in [0.717, 1.165) is 25.3 Å². The summed E-state index contributed by atoms with van der Waals surface area (Å²) in [5.41, 5.74) is 2.64. The highest BCUT2D eigenvalue weighted by Crippen LogP contribution is 2.25. The van der Waals surface area contributed by atoms with Crippen LogP contribution in [0.3, 0.4) is 0 Å². The molecule has 0 amide bonds. The highest BCUT2D eigenvalue weighted by Gasteiger charge is 2.20. The molecule has 0 radical (unpaired) electrons. The van der Waals surface area contributed by atoms with Gasteiger partial charge < -0.3 is 4.90 Å². The first kappa shape index (κ1) is 12.2. The van der Waals surface area contributed by atoms with Gasteiger partial charge in [0, 0.05) is 19.3 Å². The molecule has 1 saturated heterocycles. The van der Waals surface area contributed by atoms with E-state index in [0.29, 0.717) is 5.92 Å². The number of rotatable bonds is 3. The lowest BCUT2D eigenvalue weighted by molar-refractivity contribution is 0.457. The molecular formula is C15H22N2. The Morgan fingerprint density at radius 1 is 1.41 bits per heavy atom. The van der Waals surface area contributed by atoms with E-state index in [4.69, 9.17) is 0 Å². The number of aromatic nitrogens is 1. The summed E-state index contributed by atoms with van der Waals surface area (Å²) >= 11 is 0. The third-order valence-corrected chi connectivity index (χ3v) is 3.73. The van der Waals surface area contributed by atoms with Crippen molar-refractivity contribution in [1.82, 2.24) is 4.98 Å². The van der Waals surface area contributed by atoms with Gasteiger partial charge in [0.2, 0.25) is 0 Å². The lowest BCUT2D eigenvalue weighted by atomic mass is 9.91. The molecule has 0 aromatic carbocycles. The van der Waals surface area contributed by atoms with Gasteiger partial charge in [0.25, 0.3) is 0 Å². The van der Waals surface area contributed by atoms with E-state index in [2.05, 4.69) is 42.4 Å². The molecule has 92 valence electrons. The lowest BCUT2D eigenvalue weighted by Crippen LogP contribution is -2.34. The van der Waals surface area contributed by atoms with Crippen LogP contribution in [0.5, 0.6) is 0 Å². The second kappa shape index (κ2) is 5.35. The number of aryl methyl sites for hydroxylation is 1. The van der Waals surface area contributed by atoms with E-state index in [-0.39, 0.29) is 0 Å². The summed E-state index contributed by atoms with van der Waals surface area (Å²) in [5.74, 6) is 1.84. The van der Waals surface area contributed by atoms with Gasteiger partial charge in [0.1, 0.15) is 5.82 Å². The maximum absolute atomic E-state index is 4.55. The molecule has 0 saturated carbocycles. The predicted octanol–water partition coefficient (Wildman–Crippen LogP) is 3.44. The van der Waals surface area contributed by atoms with E-state index < -0.39 is 0 Å². The van der Waals surface area contributed by atoms with E-state index in [1.807, 2.05) is 6.20 Å². The van der Waals surface area contributed by atoms with Crippen LogP contribution in [-0.2, 0) is 6.42 Å². The zero-order valence-corrected chi connectivity index (χ0v) is 10.9. The first-order valence-electron chi connectivity index (χ1n) is 6.56. The minimum absolute atomic E-state index is 0.709. The van der Waals surface area contributed by atoms with Gasteiger partial charge >= 0.3 is 0 Å². The van der Waals surface area contributed by atoms with Gasteiger partial charge in [-0.2, -0.15) is 0 Å². The monoisotopic (exact) mass is 230 g/mol. The van der Waals surface area contributed by atoms with E-state index >= 15 is 0 Å². The molecule has 0 spiro atoms. The van der Waals surface area contributed by atoms with Crippen LogP contribution in [-0.4, -0.2) is 18.1 Å².